The van der Waals surface area contributed by atoms with E-state index in [2.05, 4.69) is 5.32 Å². The number of hydrogen-bond acceptors (Lipinski definition) is 4. The van der Waals surface area contributed by atoms with E-state index < -0.39 is 0 Å². The second kappa shape index (κ2) is 6.79. The van der Waals surface area contributed by atoms with E-state index in [1.54, 1.807) is 24.3 Å². The van der Waals surface area contributed by atoms with Crippen LogP contribution in [0.3, 0.4) is 0 Å². The lowest BCUT2D eigenvalue weighted by molar-refractivity contribution is -0.123. The lowest BCUT2D eigenvalue weighted by Gasteiger charge is -2.15. The largest absolute Gasteiger partial charge is 0.484 e. The van der Waals surface area contributed by atoms with Gasteiger partial charge >= 0.3 is 0 Å². The van der Waals surface area contributed by atoms with Crippen LogP contribution in [0.5, 0.6) is 17.2 Å². The molecule has 2 aromatic rings. The van der Waals surface area contributed by atoms with Gasteiger partial charge in [0, 0.05) is 5.02 Å². The van der Waals surface area contributed by atoms with E-state index >= 15 is 0 Å². The molecular formula is C17H16ClNO4. The summed E-state index contributed by atoms with van der Waals surface area (Å²) in [4.78, 5) is 12.0. The van der Waals surface area contributed by atoms with E-state index in [0.717, 1.165) is 11.3 Å². The molecule has 1 aliphatic heterocycles. The Hall–Kier alpha value is -2.40. The maximum Gasteiger partial charge on any atom is 0.258 e. The number of amides is 1. The van der Waals surface area contributed by atoms with Crippen molar-refractivity contribution >= 4 is 17.5 Å². The van der Waals surface area contributed by atoms with Crippen molar-refractivity contribution in [3.63, 3.8) is 0 Å². The summed E-state index contributed by atoms with van der Waals surface area (Å²) >= 11 is 5.80. The van der Waals surface area contributed by atoms with Gasteiger partial charge in [0.05, 0.1) is 6.04 Å². The number of rotatable bonds is 5. The van der Waals surface area contributed by atoms with Gasteiger partial charge in [-0.15, -0.1) is 0 Å². The first-order chi connectivity index (χ1) is 11.1. The summed E-state index contributed by atoms with van der Waals surface area (Å²) in [5.41, 5.74) is 0.939. The van der Waals surface area contributed by atoms with Crippen molar-refractivity contribution in [2.45, 2.75) is 13.0 Å². The number of nitrogens with one attached hydrogen (secondary N) is 1. The van der Waals surface area contributed by atoms with E-state index in [0.29, 0.717) is 16.5 Å². The Morgan fingerprint density at radius 3 is 2.74 bits per heavy atom. The van der Waals surface area contributed by atoms with Crippen LogP contribution in [-0.4, -0.2) is 19.3 Å². The Kier molecular flexibility index (Phi) is 4.57. The Bertz CT molecular complexity index is 702. The van der Waals surface area contributed by atoms with Crippen molar-refractivity contribution < 1.29 is 19.0 Å². The first-order valence-electron chi connectivity index (χ1n) is 7.19. The number of hydrogen-bond donors (Lipinski definition) is 1. The molecule has 2 aromatic carbocycles. The Balaban J connectivity index is 1.54. The molecule has 0 spiro atoms. The average Bonchev–Trinajstić information content (AvgIpc) is 3.02. The van der Waals surface area contributed by atoms with E-state index in [1.807, 2.05) is 25.1 Å². The predicted octanol–water partition coefficient (Wildman–Crippen LogP) is 3.32. The Morgan fingerprint density at radius 2 is 1.96 bits per heavy atom. The molecular weight excluding hydrogens is 318 g/mol. The zero-order chi connectivity index (χ0) is 16.2. The molecule has 0 saturated heterocycles. The fourth-order valence-electron chi connectivity index (χ4n) is 2.23. The van der Waals surface area contributed by atoms with Crippen molar-refractivity contribution in [1.82, 2.24) is 5.32 Å². The highest BCUT2D eigenvalue weighted by atomic mass is 35.5. The minimum absolute atomic E-state index is 0.0590. The molecule has 1 aliphatic rings. The fraction of sp³-hybridized carbons (Fsp3) is 0.235. The maximum atomic E-state index is 12.0. The van der Waals surface area contributed by atoms with Crippen LogP contribution in [0.1, 0.15) is 18.5 Å². The second-order valence-corrected chi connectivity index (χ2v) is 5.58. The number of carbonyl (C=O) groups excluding carboxylic acids is 1. The minimum Gasteiger partial charge on any atom is -0.484 e. The van der Waals surface area contributed by atoms with Crippen LogP contribution < -0.4 is 19.5 Å². The first kappa shape index (κ1) is 15.5. The second-order valence-electron chi connectivity index (χ2n) is 5.14. The van der Waals surface area contributed by atoms with Gasteiger partial charge in [0.2, 0.25) is 6.79 Å². The number of benzene rings is 2. The summed E-state index contributed by atoms with van der Waals surface area (Å²) in [6.07, 6.45) is 0. The molecule has 1 heterocycles. The Morgan fingerprint density at radius 1 is 1.22 bits per heavy atom. The summed E-state index contributed by atoms with van der Waals surface area (Å²) < 4.78 is 16.0. The molecule has 1 amide bonds. The highest BCUT2D eigenvalue weighted by Crippen LogP contribution is 2.34. The van der Waals surface area contributed by atoms with Crippen LogP contribution in [0.25, 0.3) is 0 Å². The minimum atomic E-state index is -0.204. The molecule has 1 N–H and O–H groups in total. The molecule has 0 aromatic heterocycles. The van der Waals surface area contributed by atoms with Gasteiger partial charge in [-0.1, -0.05) is 17.7 Å². The smallest absolute Gasteiger partial charge is 0.258 e. The van der Waals surface area contributed by atoms with Gasteiger partial charge in [0.25, 0.3) is 5.91 Å². The number of halogens is 1. The summed E-state index contributed by atoms with van der Waals surface area (Å²) in [5, 5.41) is 3.51. The van der Waals surface area contributed by atoms with Gasteiger partial charge in [0.15, 0.2) is 18.1 Å². The van der Waals surface area contributed by atoms with E-state index in [4.69, 9.17) is 25.8 Å². The van der Waals surface area contributed by atoms with Crippen LogP contribution in [0, 0.1) is 0 Å². The summed E-state index contributed by atoms with van der Waals surface area (Å²) in [7, 11) is 0. The topological polar surface area (TPSA) is 56.8 Å². The van der Waals surface area contributed by atoms with Crippen LogP contribution in [0.2, 0.25) is 5.02 Å². The van der Waals surface area contributed by atoms with Crippen molar-refractivity contribution in [2.75, 3.05) is 13.4 Å². The van der Waals surface area contributed by atoms with Gasteiger partial charge in [0.1, 0.15) is 5.75 Å². The van der Waals surface area contributed by atoms with E-state index in [9.17, 15) is 4.79 Å². The molecule has 0 radical (unpaired) electrons. The summed E-state index contributed by atoms with van der Waals surface area (Å²) in [5.74, 6) is 1.81. The van der Waals surface area contributed by atoms with Crippen molar-refractivity contribution in [1.29, 1.82) is 0 Å². The normalized spacial score (nSPS) is 13.5. The van der Waals surface area contributed by atoms with Gasteiger partial charge in [-0.05, 0) is 48.9 Å². The number of carbonyl (C=O) groups is 1. The van der Waals surface area contributed by atoms with Crippen molar-refractivity contribution in [2.24, 2.45) is 0 Å². The van der Waals surface area contributed by atoms with Crippen LogP contribution in [0.15, 0.2) is 42.5 Å². The molecule has 120 valence electrons. The molecule has 5 nitrogen and oxygen atoms in total. The first-order valence-corrected chi connectivity index (χ1v) is 7.57. The highest BCUT2D eigenvalue weighted by Gasteiger charge is 2.17. The van der Waals surface area contributed by atoms with Crippen molar-refractivity contribution in [3.8, 4) is 17.2 Å². The molecule has 23 heavy (non-hydrogen) atoms. The van der Waals surface area contributed by atoms with Crippen LogP contribution in [0.4, 0.5) is 0 Å². The lowest BCUT2D eigenvalue weighted by Crippen LogP contribution is -2.31. The molecule has 0 saturated carbocycles. The molecule has 0 bridgehead atoms. The van der Waals surface area contributed by atoms with Gasteiger partial charge < -0.3 is 19.5 Å². The van der Waals surface area contributed by atoms with E-state index in [1.165, 1.54) is 0 Å². The summed E-state index contributed by atoms with van der Waals surface area (Å²) in [6.45, 7) is 2.07. The molecule has 3 rings (SSSR count). The molecule has 0 aliphatic carbocycles. The van der Waals surface area contributed by atoms with Gasteiger partial charge in [-0.25, -0.2) is 0 Å². The molecule has 0 fully saturated rings. The quantitative estimate of drug-likeness (QED) is 0.912. The zero-order valence-corrected chi connectivity index (χ0v) is 13.3. The maximum absolute atomic E-state index is 12.0. The predicted molar refractivity (Wildman–Crippen MR) is 86.1 cm³/mol. The van der Waals surface area contributed by atoms with Crippen LogP contribution in [-0.2, 0) is 4.79 Å². The standard InChI is InChI=1S/C17H16ClNO4/c1-11(12-2-7-15-16(8-12)23-10-22-15)19-17(20)9-21-14-5-3-13(18)4-6-14/h2-8,11H,9-10H2,1H3,(H,19,20)/t11-/m1/s1. The van der Waals surface area contributed by atoms with Crippen LogP contribution >= 0.6 is 11.6 Å². The fourth-order valence-corrected chi connectivity index (χ4v) is 2.35. The Labute approximate surface area is 139 Å². The third-order valence-electron chi connectivity index (χ3n) is 3.46. The van der Waals surface area contributed by atoms with Gasteiger partial charge in [-0.3, -0.25) is 4.79 Å². The summed E-state index contributed by atoms with van der Waals surface area (Å²) in [6, 6.07) is 12.3. The third-order valence-corrected chi connectivity index (χ3v) is 3.71. The molecule has 0 unspecified atom stereocenters. The molecule has 6 heteroatoms. The highest BCUT2D eigenvalue weighted by molar-refractivity contribution is 6.30. The monoisotopic (exact) mass is 333 g/mol. The average molecular weight is 334 g/mol. The lowest BCUT2D eigenvalue weighted by atomic mass is 10.1. The third kappa shape index (κ3) is 3.87. The number of fused-ring (bicyclic) bond motifs is 1. The SMILES string of the molecule is C[C@@H](NC(=O)COc1ccc(Cl)cc1)c1ccc2c(c1)OCO2. The molecule has 1 atom stereocenters. The van der Waals surface area contributed by atoms with Gasteiger partial charge in [-0.2, -0.15) is 0 Å². The zero-order valence-electron chi connectivity index (χ0n) is 12.5. The van der Waals surface area contributed by atoms with E-state index in [-0.39, 0.29) is 25.3 Å². The van der Waals surface area contributed by atoms with Crippen molar-refractivity contribution in [3.05, 3.63) is 53.1 Å². The number of ether oxygens (including phenoxy) is 3.